The Kier molecular flexibility index (Phi) is 6.42. The highest BCUT2D eigenvalue weighted by Gasteiger charge is 2.59. The Bertz CT molecular complexity index is 1780. The summed E-state index contributed by atoms with van der Waals surface area (Å²) < 4.78 is 69.6. The number of fused-ring (bicyclic) bond motifs is 2. The van der Waals surface area contributed by atoms with E-state index in [0.717, 1.165) is 31.0 Å². The van der Waals surface area contributed by atoms with Gasteiger partial charge in [0.05, 0.1) is 18.3 Å². The summed E-state index contributed by atoms with van der Waals surface area (Å²) in [5.41, 5.74) is 1.91. The molecule has 4 N–H and O–H groups in total. The van der Waals surface area contributed by atoms with Crippen molar-refractivity contribution in [2.75, 3.05) is 13.2 Å². The zero-order chi connectivity index (χ0) is 31.0. The second kappa shape index (κ2) is 9.89. The van der Waals surface area contributed by atoms with Gasteiger partial charge in [-0.05, 0) is 74.1 Å². The molecule has 44 heavy (non-hydrogen) atoms. The second-order valence-electron chi connectivity index (χ2n) is 11.9. The normalized spacial score (nSPS) is 21.1. The van der Waals surface area contributed by atoms with E-state index in [1.54, 1.807) is 30.1 Å². The van der Waals surface area contributed by atoms with Gasteiger partial charge >= 0.3 is 6.18 Å². The molecule has 2 saturated carbocycles. The Morgan fingerprint density at radius 3 is 2.57 bits per heavy atom. The van der Waals surface area contributed by atoms with Crippen LogP contribution in [-0.4, -0.2) is 51.2 Å². The van der Waals surface area contributed by atoms with Crippen LogP contribution < -0.4 is 20.5 Å². The minimum Gasteiger partial charge on any atom is -0.488 e. The number of rotatable bonds is 8. The van der Waals surface area contributed by atoms with Crippen LogP contribution in [0.5, 0.6) is 11.5 Å². The van der Waals surface area contributed by atoms with E-state index in [-0.39, 0.29) is 52.4 Å². The van der Waals surface area contributed by atoms with E-state index in [4.69, 9.17) is 15.2 Å². The molecule has 230 valence electrons. The topological polar surface area (TPSA) is 125 Å². The number of alkyl halides is 3. The number of ether oxygens (including phenoxy) is 2. The summed E-state index contributed by atoms with van der Waals surface area (Å²) in [6.07, 6.45) is -0.0845. The highest BCUT2D eigenvalue weighted by atomic mass is 19.4. The number of aromatic nitrogens is 3. The first-order valence-electron chi connectivity index (χ1n) is 14.3. The lowest BCUT2D eigenvalue weighted by Gasteiger charge is -2.31. The summed E-state index contributed by atoms with van der Waals surface area (Å²) in [6.45, 7) is -1.22. The number of aryl methyl sites for hydroxylation is 1. The van der Waals surface area contributed by atoms with E-state index in [9.17, 15) is 27.5 Å². The number of hydrogen-bond acceptors (Lipinski definition) is 7. The number of hydrogen-bond donors (Lipinski definition) is 3. The van der Waals surface area contributed by atoms with Gasteiger partial charge in [0, 0.05) is 35.3 Å². The standard InChI is InChI=1S/C31H29F4N5O4/c1-40-13-18-10-17(11-23(25(18)39-40)44-21-8-9-21)28(41)37-14-29(42,19-4-5-19)24-12-22-27(43-15-30(22,36)31(33,34)35)26(38-24)16-2-6-20(32)7-3-16/h2-3,6-7,10-13,19,21,42H,4-5,8-9,14-15,36H2,1H3,(H,37,41). The molecule has 2 fully saturated rings. The van der Waals surface area contributed by atoms with Gasteiger partial charge in [0.1, 0.15) is 35.0 Å². The largest absolute Gasteiger partial charge is 0.488 e. The number of halogens is 4. The summed E-state index contributed by atoms with van der Waals surface area (Å²) in [5.74, 6) is -1.15. The van der Waals surface area contributed by atoms with Crippen LogP contribution in [-0.2, 0) is 18.2 Å². The number of nitrogens with one attached hydrogen (secondary N) is 1. The minimum absolute atomic E-state index is 0.0108. The summed E-state index contributed by atoms with van der Waals surface area (Å²) >= 11 is 0. The Hall–Kier alpha value is -4.23. The van der Waals surface area contributed by atoms with Gasteiger partial charge in [-0.25, -0.2) is 9.37 Å². The SMILES string of the molecule is Cn1cc2cc(C(=O)NCC(O)(c3cc4c(c(-c5ccc(F)cc5)n3)OCC4(N)C(F)(F)F)C3CC3)cc(OC3CC3)c2n1. The van der Waals surface area contributed by atoms with Crippen molar-refractivity contribution in [2.45, 2.75) is 49.1 Å². The van der Waals surface area contributed by atoms with Crippen LogP contribution in [0.1, 0.15) is 47.3 Å². The average molecular weight is 612 g/mol. The Balaban J connectivity index is 1.26. The lowest BCUT2D eigenvalue weighted by molar-refractivity contribution is -0.191. The van der Waals surface area contributed by atoms with Crippen molar-refractivity contribution in [1.82, 2.24) is 20.1 Å². The van der Waals surface area contributed by atoms with E-state index in [1.165, 1.54) is 12.1 Å². The van der Waals surface area contributed by atoms with Gasteiger partial charge in [0.2, 0.25) is 0 Å². The third-order valence-corrected chi connectivity index (χ3v) is 8.50. The summed E-state index contributed by atoms with van der Waals surface area (Å²) in [5, 5.41) is 20.0. The average Bonchev–Trinajstić information content (AvgIpc) is 3.91. The maximum atomic E-state index is 14.3. The van der Waals surface area contributed by atoms with Crippen LogP contribution >= 0.6 is 0 Å². The number of pyridine rings is 1. The number of aliphatic hydroxyl groups is 1. The van der Waals surface area contributed by atoms with Gasteiger partial charge in [-0.3, -0.25) is 9.48 Å². The molecular formula is C31H29F4N5O4. The molecule has 2 aromatic carbocycles. The molecule has 2 unspecified atom stereocenters. The molecule has 0 spiro atoms. The Morgan fingerprint density at radius 2 is 1.91 bits per heavy atom. The number of amides is 1. The second-order valence-corrected chi connectivity index (χ2v) is 11.9. The molecule has 13 heteroatoms. The molecule has 7 rings (SSSR count). The highest BCUT2D eigenvalue weighted by molar-refractivity contribution is 6.00. The molecule has 2 aromatic heterocycles. The molecule has 3 aliphatic rings. The molecule has 0 radical (unpaired) electrons. The van der Waals surface area contributed by atoms with E-state index < -0.39 is 35.6 Å². The van der Waals surface area contributed by atoms with E-state index in [1.807, 2.05) is 0 Å². The van der Waals surface area contributed by atoms with Crippen LogP contribution in [0.4, 0.5) is 17.6 Å². The molecule has 2 aliphatic carbocycles. The van der Waals surface area contributed by atoms with Crippen LogP contribution in [0, 0.1) is 11.7 Å². The Labute approximate surface area is 249 Å². The minimum atomic E-state index is -4.88. The van der Waals surface area contributed by atoms with Gasteiger partial charge in [0.15, 0.2) is 11.3 Å². The van der Waals surface area contributed by atoms with Crippen LogP contribution in [0.25, 0.3) is 22.2 Å². The first-order chi connectivity index (χ1) is 20.9. The maximum Gasteiger partial charge on any atom is 0.414 e. The number of nitrogens with two attached hydrogens (primary N) is 1. The molecule has 0 bridgehead atoms. The monoisotopic (exact) mass is 611 g/mol. The quantitative estimate of drug-likeness (QED) is 0.252. The lowest BCUT2D eigenvalue weighted by atomic mass is 9.86. The first kappa shape index (κ1) is 28.5. The molecule has 1 amide bonds. The van der Waals surface area contributed by atoms with E-state index >= 15 is 0 Å². The molecule has 4 aromatic rings. The predicted molar refractivity (Wildman–Crippen MR) is 150 cm³/mol. The lowest BCUT2D eigenvalue weighted by Crippen LogP contribution is -2.52. The summed E-state index contributed by atoms with van der Waals surface area (Å²) in [7, 11) is 1.76. The van der Waals surface area contributed by atoms with E-state index in [0.29, 0.717) is 29.5 Å². The first-order valence-corrected chi connectivity index (χ1v) is 14.3. The third-order valence-electron chi connectivity index (χ3n) is 8.50. The van der Waals surface area contributed by atoms with Gasteiger partial charge in [-0.1, -0.05) is 0 Å². The third kappa shape index (κ3) is 4.84. The number of nitrogens with zero attached hydrogens (tertiary/aromatic N) is 3. The van der Waals surface area contributed by atoms with Gasteiger partial charge < -0.3 is 25.6 Å². The molecule has 3 heterocycles. The van der Waals surface area contributed by atoms with Crippen molar-refractivity contribution >= 4 is 16.8 Å². The molecule has 9 nitrogen and oxygen atoms in total. The molecule has 1 aliphatic heterocycles. The van der Waals surface area contributed by atoms with Crippen LogP contribution in [0.2, 0.25) is 0 Å². The molecular weight excluding hydrogens is 582 g/mol. The van der Waals surface area contributed by atoms with E-state index in [2.05, 4.69) is 15.4 Å². The van der Waals surface area contributed by atoms with Crippen molar-refractivity contribution in [3.05, 3.63) is 71.3 Å². The van der Waals surface area contributed by atoms with Crippen LogP contribution in [0.3, 0.4) is 0 Å². The number of carbonyl (C=O) groups excluding carboxylic acids is 1. The van der Waals surface area contributed by atoms with Crippen LogP contribution in [0.15, 0.2) is 48.7 Å². The molecule has 2 atom stereocenters. The smallest absolute Gasteiger partial charge is 0.414 e. The summed E-state index contributed by atoms with van der Waals surface area (Å²) in [4.78, 5) is 18.0. The fourth-order valence-electron chi connectivity index (χ4n) is 5.67. The number of carbonyl (C=O) groups is 1. The predicted octanol–water partition coefficient (Wildman–Crippen LogP) is 4.45. The zero-order valence-corrected chi connectivity index (χ0v) is 23.6. The Morgan fingerprint density at radius 1 is 1.18 bits per heavy atom. The fourth-order valence-corrected chi connectivity index (χ4v) is 5.67. The van der Waals surface area contributed by atoms with Crippen molar-refractivity contribution < 1.29 is 36.9 Å². The van der Waals surface area contributed by atoms with Crippen molar-refractivity contribution in [3.63, 3.8) is 0 Å². The maximum absolute atomic E-state index is 14.3. The van der Waals surface area contributed by atoms with Gasteiger partial charge in [-0.15, -0.1) is 0 Å². The summed E-state index contributed by atoms with van der Waals surface area (Å²) in [6, 6.07) is 9.42. The fraction of sp³-hybridized carbons (Fsp3) is 0.387. The highest BCUT2D eigenvalue weighted by Crippen LogP contribution is 2.52. The van der Waals surface area contributed by atoms with Crippen molar-refractivity contribution in [2.24, 2.45) is 18.7 Å². The zero-order valence-electron chi connectivity index (χ0n) is 23.6. The van der Waals surface area contributed by atoms with Crippen molar-refractivity contribution in [1.29, 1.82) is 0 Å². The molecule has 0 saturated heterocycles. The van der Waals surface area contributed by atoms with Gasteiger partial charge in [-0.2, -0.15) is 18.3 Å². The number of benzene rings is 2. The van der Waals surface area contributed by atoms with Crippen molar-refractivity contribution in [3.8, 4) is 22.8 Å². The van der Waals surface area contributed by atoms with Gasteiger partial charge in [0.25, 0.3) is 5.91 Å².